The van der Waals surface area contributed by atoms with Crippen LogP contribution in [0.3, 0.4) is 0 Å². The molecule has 18 N–H and O–H groups in total. The third-order valence-electron chi connectivity index (χ3n) is 0.500. The molecule has 0 amide bonds. The largest absolute Gasteiger partial charge is 0.412 e. The van der Waals surface area contributed by atoms with Gasteiger partial charge in [0.05, 0.1) is 0 Å². The Morgan fingerprint density at radius 3 is 0.421 bits per heavy atom. The second kappa shape index (κ2) is 124. The Hall–Kier alpha value is 1.13. The van der Waals surface area contributed by atoms with E-state index in [1.807, 2.05) is 0 Å². The molecule has 135 valence electrons. The minimum Gasteiger partial charge on any atom is -0.412 e. The Morgan fingerprint density at radius 2 is 0.421 bits per heavy atom. The first-order chi connectivity index (χ1) is 5.74. The zero-order valence-electron chi connectivity index (χ0n) is 10.8. The summed E-state index contributed by atoms with van der Waals surface area (Å²) < 4.78 is 0. The molecule has 13 heteroatoms. The average Bonchev–Trinajstić information content (AvgIpc) is 2.18. The molecular weight excluding hydrogens is 413 g/mol. The molecular formula is C6H33Cl3N6O3Rh. The van der Waals surface area contributed by atoms with Gasteiger partial charge in [-0.05, 0) is 0 Å². The molecule has 1 radical (unpaired) electrons. The van der Waals surface area contributed by atoms with Crippen molar-refractivity contribution in [1.29, 1.82) is 0 Å². The maximum atomic E-state index is 4.90. The summed E-state index contributed by atoms with van der Waals surface area (Å²) in [4.78, 5) is 0. The molecule has 0 heterocycles. The van der Waals surface area contributed by atoms with Crippen molar-refractivity contribution in [2.45, 2.75) is 0 Å². The molecule has 0 aliphatic heterocycles. The van der Waals surface area contributed by atoms with Gasteiger partial charge in [-0.1, -0.05) is 0 Å². The van der Waals surface area contributed by atoms with Crippen molar-refractivity contribution >= 4 is 37.2 Å². The van der Waals surface area contributed by atoms with E-state index in [4.69, 9.17) is 34.4 Å². The van der Waals surface area contributed by atoms with Crippen molar-refractivity contribution in [3.8, 4) is 0 Å². The summed E-state index contributed by atoms with van der Waals surface area (Å²) in [5, 5.41) is 0. The van der Waals surface area contributed by atoms with Gasteiger partial charge in [-0.25, -0.2) is 0 Å². The van der Waals surface area contributed by atoms with Crippen LogP contribution < -0.4 is 34.4 Å². The molecule has 0 bridgehead atoms. The summed E-state index contributed by atoms with van der Waals surface area (Å²) in [6, 6.07) is 0. The fourth-order valence-corrected chi connectivity index (χ4v) is 0. The Kier molecular flexibility index (Phi) is 467. The van der Waals surface area contributed by atoms with E-state index in [0.29, 0.717) is 39.3 Å². The van der Waals surface area contributed by atoms with Gasteiger partial charge in [-0.2, -0.15) is 0 Å². The number of nitrogens with two attached hydrogens (primary N) is 6. The molecule has 9 nitrogen and oxygen atoms in total. The topological polar surface area (TPSA) is 251 Å². The van der Waals surface area contributed by atoms with Gasteiger partial charge in [0.25, 0.3) is 0 Å². The normalized spacial score (nSPS) is 4.74. The number of halogens is 3. The third-order valence-corrected chi connectivity index (χ3v) is 0.500. The van der Waals surface area contributed by atoms with Crippen LogP contribution in [-0.4, -0.2) is 55.7 Å². The van der Waals surface area contributed by atoms with Crippen LogP contribution in [0.4, 0.5) is 0 Å². The molecule has 0 aliphatic carbocycles. The molecule has 19 heavy (non-hydrogen) atoms. The van der Waals surface area contributed by atoms with E-state index < -0.39 is 0 Å². The van der Waals surface area contributed by atoms with Gasteiger partial charge >= 0.3 is 0 Å². The van der Waals surface area contributed by atoms with Crippen molar-refractivity contribution in [3.63, 3.8) is 0 Å². The van der Waals surface area contributed by atoms with Crippen LogP contribution in [0, 0.1) is 0 Å². The van der Waals surface area contributed by atoms with E-state index in [0.717, 1.165) is 0 Å². The molecule has 0 aliphatic rings. The smallest absolute Gasteiger partial charge is 0.00461 e. The molecule has 0 rings (SSSR count). The van der Waals surface area contributed by atoms with Crippen molar-refractivity contribution in [3.05, 3.63) is 0 Å². The maximum Gasteiger partial charge on any atom is 0.00461 e. The van der Waals surface area contributed by atoms with E-state index in [2.05, 4.69) is 0 Å². The van der Waals surface area contributed by atoms with E-state index in [1.54, 1.807) is 0 Å². The fraction of sp³-hybridized carbons (Fsp3) is 1.00. The molecule has 0 unspecified atom stereocenters. The molecule has 0 saturated carbocycles. The molecule has 0 saturated heterocycles. The predicted octanol–water partition coefficient (Wildman–Crippen LogP) is -4.50. The summed E-state index contributed by atoms with van der Waals surface area (Å²) >= 11 is 0. The van der Waals surface area contributed by atoms with Crippen LogP contribution in [0.25, 0.3) is 0 Å². The van der Waals surface area contributed by atoms with Crippen LogP contribution in [0.1, 0.15) is 0 Å². The van der Waals surface area contributed by atoms with Gasteiger partial charge in [0, 0.05) is 58.7 Å². The second-order valence-corrected chi connectivity index (χ2v) is 1.73. The first-order valence-corrected chi connectivity index (χ1v) is 3.95. The van der Waals surface area contributed by atoms with E-state index in [1.165, 1.54) is 0 Å². The molecule has 0 spiro atoms. The third kappa shape index (κ3) is 329. The molecule has 0 aromatic carbocycles. The first-order valence-electron chi connectivity index (χ1n) is 3.95. The summed E-state index contributed by atoms with van der Waals surface area (Å²) in [5.74, 6) is 0. The first kappa shape index (κ1) is 71.8. The minimum absolute atomic E-state index is 0. The summed E-state index contributed by atoms with van der Waals surface area (Å²) in [7, 11) is 0. The van der Waals surface area contributed by atoms with Crippen LogP contribution in [-0.2, 0) is 19.5 Å². The quantitative estimate of drug-likeness (QED) is 0.233. The van der Waals surface area contributed by atoms with Crippen molar-refractivity contribution in [2.75, 3.05) is 39.3 Å². The van der Waals surface area contributed by atoms with Gasteiger partial charge in [0.1, 0.15) is 0 Å². The second-order valence-electron chi connectivity index (χ2n) is 1.73. The molecule has 0 aromatic rings. The Morgan fingerprint density at radius 1 is 0.368 bits per heavy atom. The minimum atomic E-state index is 0. The Bertz CT molecular complexity index is 55.7. The summed E-state index contributed by atoms with van der Waals surface area (Å²) in [6.07, 6.45) is 0. The molecule has 0 fully saturated rings. The van der Waals surface area contributed by atoms with Gasteiger partial charge in [-0.3, -0.25) is 0 Å². The summed E-state index contributed by atoms with van der Waals surface area (Å²) in [5.41, 5.74) is 29.4. The Balaban J connectivity index is -0.00000000675. The van der Waals surface area contributed by atoms with E-state index >= 15 is 0 Å². The van der Waals surface area contributed by atoms with Crippen molar-refractivity contribution < 1.29 is 35.9 Å². The van der Waals surface area contributed by atoms with Gasteiger partial charge in [0.15, 0.2) is 0 Å². The van der Waals surface area contributed by atoms with E-state index in [-0.39, 0.29) is 73.1 Å². The van der Waals surface area contributed by atoms with Crippen molar-refractivity contribution in [1.82, 2.24) is 0 Å². The average molecular weight is 447 g/mol. The van der Waals surface area contributed by atoms with Gasteiger partial charge in [-0.15, -0.1) is 37.2 Å². The predicted molar refractivity (Wildman–Crippen MR) is 86.9 cm³/mol. The van der Waals surface area contributed by atoms with Gasteiger partial charge in [0.2, 0.25) is 0 Å². The molecule has 0 aromatic heterocycles. The number of hydrogen-bond donors (Lipinski definition) is 6. The zero-order chi connectivity index (χ0) is 10.2. The Labute approximate surface area is 146 Å². The van der Waals surface area contributed by atoms with Crippen LogP contribution >= 0.6 is 37.2 Å². The van der Waals surface area contributed by atoms with E-state index in [9.17, 15) is 0 Å². The van der Waals surface area contributed by atoms with Crippen LogP contribution in [0.2, 0.25) is 0 Å². The maximum absolute atomic E-state index is 4.90. The summed E-state index contributed by atoms with van der Waals surface area (Å²) in [6.45, 7) is 3.58. The molecule has 0 atom stereocenters. The fourth-order valence-electron chi connectivity index (χ4n) is 0. The van der Waals surface area contributed by atoms with Crippen LogP contribution in [0.5, 0.6) is 0 Å². The SMILES string of the molecule is Cl.Cl.Cl.NCCN.NCCN.NCCN.O.O.O.[Rh]. The number of rotatable bonds is 3. The standard InChI is InChI=1S/3C2H8N2.3ClH.3H2O.Rh/c3*3-1-2-4;;;;;;;/h3*1-4H2;3*1H;3*1H2;. The monoisotopic (exact) mass is 445 g/mol. The van der Waals surface area contributed by atoms with Gasteiger partial charge < -0.3 is 50.8 Å². The van der Waals surface area contributed by atoms with Crippen LogP contribution in [0.15, 0.2) is 0 Å². The zero-order valence-corrected chi connectivity index (χ0v) is 14.9. The van der Waals surface area contributed by atoms with Crippen molar-refractivity contribution in [2.24, 2.45) is 34.4 Å². The number of hydrogen-bond acceptors (Lipinski definition) is 6.